The first-order chi connectivity index (χ1) is 9.03. The Bertz CT molecular complexity index is 234. The maximum absolute atomic E-state index is 6.10. The molecule has 0 aromatic heterocycles. The fraction of sp³-hybridized carbons (Fsp3) is 1.00. The lowest BCUT2D eigenvalue weighted by molar-refractivity contribution is 0.120. The molecule has 19 heavy (non-hydrogen) atoms. The lowest BCUT2D eigenvalue weighted by Crippen LogP contribution is -2.43. The third-order valence-electron chi connectivity index (χ3n) is 4.94. The van der Waals surface area contributed by atoms with Crippen molar-refractivity contribution in [3.8, 4) is 0 Å². The number of nitrogens with zero attached hydrogens (tertiary/aromatic N) is 2. The first-order valence-electron chi connectivity index (χ1n) is 8.12. The maximum Gasteiger partial charge on any atom is 0.0194 e. The first kappa shape index (κ1) is 16.9. The Labute approximate surface area is 120 Å². The molecule has 1 rings (SSSR count). The van der Waals surface area contributed by atoms with Crippen LogP contribution in [0.3, 0.4) is 0 Å². The summed E-state index contributed by atoms with van der Waals surface area (Å²) < 4.78 is 0. The number of hydrogen-bond donors (Lipinski definition) is 1. The maximum atomic E-state index is 6.10. The largest absolute Gasteiger partial charge is 0.330 e. The summed E-state index contributed by atoms with van der Waals surface area (Å²) >= 11 is 0. The zero-order chi connectivity index (χ0) is 14.3. The molecular formula is C16H35N3. The highest BCUT2D eigenvalue weighted by molar-refractivity contribution is 4.85. The second kappa shape index (κ2) is 8.23. The van der Waals surface area contributed by atoms with Crippen LogP contribution in [0.25, 0.3) is 0 Å². The molecular weight excluding hydrogens is 234 g/mol. The van der Waals surface area contributed by atoms with Gasteiger partial charge in [0.25, 0.3) is 0 Å². The predicted molar refractivity (Wildman–Crippen MR) is 84.5 cm³/mol. The second-order valence-corrected chi connectivity index (χ2v) is 6.75. The Balaban J connectivity index is 2.46. The van der Waals surface area contributed by atoms with Crippen LogP contribution in [0.2, 0.25) is 0 Å². The lowest BCUT2D eigenvalue weighted by Gasteiger charge is -2.39. The van der Waals surface area contributed by atoms with E-state index in [2.05, 4.69) is 37.7 Å². The molecule has 0 heterocycles. The molecule has 3 heteroatoms. The van der Waals surface area contributed by atoms with Gasteiger partial charge in [-0.2, -0.15) is 0 Å². The number of rotatable bonds is 8. The third-order valence-corrected chi connectivity index (χ3v) is 4.94. The van der Waals surface area contributed by atoms with Crippen LogP contribution < -0.4 is 5.73 Å². The topological polar surface area (TPSA) is 32.5 Å². The smallest absolute Gasteiger partial charge is 0.0194 e. The monoisotopic (exact) mass is 269 g/mol. The van der Waals surface area contributed by atoms with E-state index < -0.39 is 0 Å². The van der Waals surface area contributed by atoms with Gasteiger partial charge in [-0.1, -0.05) is 26.2 Å². The van der Waals surface area contributed by atoms with Crippen molar-refractivity contribution >= 4 is 0 Å². The van der Waals surface area contributed by atoms with Gasteiger partial charge in [0, 0.05) is 12.6 Å². The fourth-order valence-electron chi connectivity index (χ4n) is 3.57. The van der Waals surface area contributed by atoms with Crippen molar-refractivity contribution in [2.24, 2.45) is 11.1 Å². The minimum absolute atomic E-state index is 0.448. The zero-order valence-electron chi connectivity index (χ0n) is 13.6. The van der Waals surface area contributed by atoms with Crippen LogP contribution in [-0.4, -0.2) is 56.1 Å². The van der Waals surface area contributed by atoms with E-state index in [0.717, 1.165) is 19.6 Å². The summed E-state index contributed by atoms with van der Waals surface area (Å²) in [6.07, 6.45) is 8.17. The van der Waals surface area contributed by atoms with E-state index in [-0.39, 0.29) is 0 Å². The molecule has 3 nitrogen and oxygen atoms in total. The van der Waals surface area contributed by atoms with E-state index in [0.29, 0.717) is 11.5 Å². The normalized spacial score (nSPS) is 21.0. The highest BCUT2D eigenvalue weighted by atomic mass is 15.2. The average Bonchev–Trinajstić information content (AvgIpc) is 2.39. The molecule has 2 N–H and O–H groups in total. The molecule has 1 atom stereocenters. The van der Waals surface area contributed by atoms with E-state index in [1.807, 2.05) is 0 Å². The fourth-order valence-corrected chi connectivity index (χ4v) is 3.57. The highest BCUT2D eigenvalue weighted by Crippen LogP contribution is 2.38. The van der Waals surface area contributed by atoms with E-state index in [9.17, 15) is 0 Å². The molecule has 114 valence electrons. The van der Waals surface area contributed by atoms with E-state index in [1.165, 1.54) is 45.1 Å². The quantitative estimate of drug-likeness (QED) is 0.735. The molecule has 0 aromatic carbocycles. The second-order valence-electron chi connectivity index (χ2n) is 6.75. The summed E-state index contributed by atoms with van der Waals surface area (Å²) in [6, 6.07) is 0.637. The Hall–Kier alpha value is -0.120. The van der Waals surface area contributed by atoms with Crippen molar-refractivity contribution in [2.75, 3.05) is 40.3 Å². The summed E-state index contributed by atoms with van der Waals surface area (Å²) in [4.78, 5) is 4.90. The molecule has 0 radical (unpaired) electrons. The Kier molecular flexibility index (Phi) is 7.33. The number of nitrogens with two attached hydrogens (primary N) is 1. The standard InChI is InChI=1S/C16H35N3/c1-5-19(15(2)13-18(3)4)12-11-16(14-17)9-7-6-8-10-16/h15H,5-14,17H2,1-4H3. The minimum Gasteiger partial charge on any atom is -0.330 e. The van der Waals surface area contributed by atoms with Crippen LogP contribution in [-0.2, 0) is 0 Å². The SMILES string of the molecule is CCN(CCC1(CN)CCCCC1)C(C)CN(C)C. The Morgan fingerprint density at radius 1 is 1.16 bits per heavy atom. The van der Waals surface area contributed by atoms with Crippen LogP contribution in [0.5, 0.6) is 0 Å². The van der Waals surface area contributed by atoms with Crippen molar-refractivity contribution < 1.29 is 0 Å². The van der Waals surface area contributed by atoms with Crippen molar-refractivity contribution in [1.82, 2.24) is 9.80 Å². The summed E-state index contributed by atoms with van der Waals surface area (Å²) in [5.74, 6) is 0. The molecule has 1 aliphatic carbocycles. The van der Waals surface area contributed by atoms with Gasteiger partial charge in [0.15, 0.2) is 0 Å². The molecule has 1 saturated carbocycles. The van der Waals surface area contributed by atoms with Crippen molar-refractivity contribution in [2.45, 2.75) is 58.4 Å². The summed E-state index contributed by atoms with van der Waals surface area (Å²) in [5.41, 5.74) is 6.54. The van der Waals surface area contributed by atoms with Gasteiger partial charge in [0.2, 0.25) is 0 Å². The molecule has 0 amide bonds. The van der Waals surface area contributed by atoms with Gasteiger partial charge in [-0.05, 0) is 65.3 Å². The van der Waals surface area contributed by atoms with Gasteiger partial charge >= 0.3 is 0 Å². The van der Waals surface area contributed by atoms with Crippen LogP contribution in [0.4, 0.5) is 0 Å². The average molecular weight is 269 g/mol. The molecule has 0 bridgehead atoms. The summed E-state index contributed by atoms with van der Waals surface area (Å²) in [7, 11) is 4.32. The van der Waals surface area contributed by atoms with Crippen molar-refractivity contribution in [1.29, 1.82) is 0 Å². The zero-order valence-corrected chi connectivity index (χ0v) is 13.6. The van der Waals surface area contributed by atoms with Crippen LogP contribution in [0.15, 0.2) is 0 Å². The van der Waals surface area contributed by atoms with E-state index >= 15 is 0 Å². The van der Waals surface area contributed by atoms with Crippen LogP contribution in [0.1, 0.15) is 52.4 Å². The molecule has 1 fully saturated rings. The van der Waals surface area contributed by atoms with E-state index in [4.69, 9.17) is 5.73 Å². The third kappa shape index (κ3) is 5.41. The van der Waals surface area contributed by atoms with Gasteiger partial charge in [-0.3, -0.25) is 4.90 Å². The van der Waals surface area contributed by atoms with Gasteiger partial charge in [-0.25, -0.2) is 0 Å². The van der Waals surface area contributed by atoms with Gasteiger partial charge in [0.1, 0.15) is 0 Å². The number of hydrogen-bond acceptors (Lipinski definition) is 3. The summed E-state index contributed by atoms with van der Waals surface area (Å²) in [5, 5.41) is 0. The van der Waals surface area contributed by atoms with E-state index in [1.54, 1.807) is 0 Å². The lowest BCUT2D eigenvalue weighted by atomic mass is 9.72. The molecule has 1 unspecified atom stereocenters. The Morgan fingerprint density at radius 3 is 2.26 bits per heavy atom. The Morgan fingerprint density at radius 2 is 1.79 bits per heavy atom. The first-order valence-corrected chi connectivity index (χ1v) is 8.12. The van der Waals surface area contributed by atoms with Crippen molar-refractivity contribution in [3.63, 3.8) is 0 Å². The molecule has 0 spiro atoms. The minimum atomic E-state index is 0.448. The van der Waals surface area contributed by atoms with Gasteiger partial charge in [0.05, 0.1) is 0 Å². The number of likely N-dealkylation sites (N-methyl/N-ethyl adjacent to an activating group) is 2. The van der Waals surface area contributed by atoms with Gasteiger partial charge < -0.3 is 10.6 Å². The predicted octanol–water partition coefficient (Wildman–Crippen LogP) is 2.56. The highest BCUT2D eigenvalue weighted by Gasteiger charge is 2.31. The molecule has 0 saturated heterocycles. The van der Waals surface area contributed by atoms with Crippen molar-refractivity contribution in [3.05, 3.63) is 0 Å². The summed E-state index contributed by atoms with van der Waals surface area (Å²) in [6.45, 7) is 9.01. The van der Waals surface area contributed by atoms with Gasteiger partial charge in [-0.15, -0.1) is 0 Å². The molecule has 0 aromatic rings. The molecule has 0 aliphatic heterocycles. The van der Waals surface area contributed by atoms with Crippen LogP contribution in [0, 0.1) is 5.41 Å². The molecule has 1 aliphatic rings. The van der Waals surface area contributed by atoms with Crippen LogP contribution >= 0.6 is 0 Å².